The van der Waals surface area contributed by atoms with Crippen LogP contribution in [-0.2, 0) is 0 Å². The molecule has 8 heavy (non-hydrogen) atoms. The largest absolute Gasteiger partial charge is 0.261 e. The topological polar surface area (TPSA) is 0 Å². The first-order valence-corrected chi connectivity index (χ1v) is 8.12. The Hall–Kier alpha value is 1.28. The molecular weight excluding hydrogens is 227 g/mol. The van der Waals surface area contributed by atoms with Crippen molar-refractivity contribution in [3.05, 3.63) is 0 Å². The van der Waals surface area contributed by atoms with Gasteiger partial charge in [-0.05, 0) is 6.04 Å². The fourth-order valence-electron chi connectivity index (χ4n) is 0.433. The monoisotopic (exact) mass is 234 g/mol. The third-order valence-electron chi connectivity index (χ3n) is 0.811. The van der Waals surface area contributed by atoms with E-state index in [2.05, 4.69) is 22.9 Å². The minimum absolute atomic E-state index is 0.789. The molecule has 0 aromatic rings. The van der Waals surface area contributed by atoms with Gasteiger partial charge < -0.3 is 0 Å². The lowest BCUT2D eigenvalue weighted by Gasteiger charge is -2.09. The first-order valence-electron chi connectivity index (χ1n) is 2.56. The minimum Gasteiger partial charge on any atom is -0.145 e. The van der Waals surface area contributed by atoms with Crippen LogP contribution in [0.4, 0.5) is 0 Å². The van der Waals surface area contributed by atoms with E-state index in [4.69, 9.17) is 22.2 Å². The number of hydrogen-bond donors (Lipinski definition) is 0. The molecule has 4 heteroatoms. The van der Waals surface area contributed by atoms with Crippen LogP contribution in [0, 0.1) is 0 Å². The zero-order valence-electron chi connectivity index (χ0n) is 4.76. The Kier molecular flexibility index (Phi) is 4.81. The molecule has 50 valence electrons. The van der Waals surface area contributed by atoms with Crippen LogP contribution in [0.5, 0.6) is 0 Å². The van der Waals surface area contributed by atoms with E-state index < -0.39 is 6.69 Å². The van der Waals surface area contributed by atoms with Crippen LogP contribution in [0.3, 0.4) is 0 Å². The molecule has 0 fully saturated rings. The average molecular weight is 236 g/mol. The van der Waals surface area contributed by atoms with Crippen LogP contribution in [0.2, 0.25) is 6.04 Å². The smallest absolute Gasteiger partial charge is 0.145 e. The summed E-state index contributed by atoms with van der Waals surface area (Å²) < 4.78 is 0. The second kappa shape index (κ2) is 4.15. The van der Waals surface area contributed by atoms with E-state index in [1.807, 2.05) is 0 Å². The number of rotatable bonds is 3. The molecule has 0 saturated carbocycles. The van der Waals surface area contributed by atoms with Crippen molar-refractivity contribution in [2.45, 2.75) is 19.4 Å². The number of hydrogen-bond acceptors (Lipinski definition) is 0. The molecule has 0 aromatic carbocycles. The summed E-state index contributed by atoms with van der Waals surface area (Å²) in [7, 11) is 0. The van der Waals surface area contributed by atoms with Crippen LogP contribution in [0.25, 0.3) is 0 Å². The van der Waals surface area contributed by atoms with Gasteiger partial charge in [-0.25, -0.2) is 0 Å². The molecule has 0 aliphatic carbocycles. The molecule has 0 rings (SSSR count). The van der Waals surface area contributed by atoms with Crippen molar-refractivity contribution in [2.24, 2.45) is 0 Å². The maximum Gasteiger partial charge on any atom is 0.261 e. The number of halogens is 3. The Balaban J connectivity index is 3.37. The van der Waals surface area contributed by atoms with Crippen molar-refractivity contribution in [1.82, 2.24) is 0 Å². The first kappa shape index (κ1) is 9.28. The van der Waals surface area contributed by atoms with Crippen LogP contribution >= 0.6 is 38.1 Å². The summed E-state index contributed by atoms with van der Waals surface area (Å²) in [5.74, 6) is 0. The summed E-state index contributed by atoms with van der Waals surface area (Å²) >= 11 is 15.0. The van der Waals surface area contributed by atoms with Crippen molar-refractivity contribution in [3.8, 4) is 0 Å². The number of alkyl halides is 1. The van der Waals surface area contributed by atoms with Crippen LogP contribution in [-0.4, -0.2) is 11.6 Å². The highest BCUT2D eigenvalue weighted by atomic mass is 79.9. The maximum atomic E-state index is 5.88. The van der Waals surface area contributed by atoms with Gasteiger partial charge in [0.1, 0.15) is 0 Å². The molecule has 0 unspecified atom stereocenters. The van der Waals surface area contributed by atoms with Gasteiger partial charge in [0.2, 0.25) is 0 Å². The van der Waals surface area contributed by atoms with E-state index in [-0.39, 0.29) is 0 Å². The first-order chi connectivity index (χ1) is 3.62. The van der Waals surface area contributed by atoms with Gasteiger partial charge in [-0.3, -0.25) is 0 Å². The van der Waals surface area contributed by atoms with Crippen LogP contribution in [0.1, 0.15) is 13.3 Å². The van der Waals surface area contributed by atoms with Crippen molar-refractivity contribution in [2.75, 3.05) is 4.95 Å². The van der Waals surface area contributed by atoms with Crippen LogP contribution in [0.15, 0.2) is 0 Å². The molecule has 0 radical (unpaired) electrons. The molecule has 0 aliphatic rings. The van der Waals surface area contributed by atoms with Crippen LogP contribution < -0.4 is 0 Å². The lowest BCUT2D eigenvalue weighted by atomic mass is 10.6. The average Bonchev–Trinajstić information content (AvgIpc) is 1.67. The summed E-state index contributed by atoms with van der Waals surface area (Å²) in [4.78, 5) is 0.789. The molecule has 0 aliphatic heterocycles. The van der Waals surface area contributed by atoms with Crippen molar-refractivity contribution in [1.29, 1.82) is 0 Å². The van der Waals surface area contributed by atoms with Gasteiger partial charge in [-0.2, -0.15) is 0 Å². The van der Waals surface area contributed by atoms with E-state index in [9.17, 15) is 0 Å². The highest BCUT2D eigenvalue weighted by Crippen LogP contribution is 2.23. The molecule has 0 N–H and O–H groups in total. The van der Waals surface area contributed by atoms with Gasteiger partial charge in [0.25, 0.3) is 6.69 Å². The summed E-state index contributed by atoms with van der Waals surface area (Å²) in [5, 5.41) is 0. The molecule has 0 aromatic heterocycles. The molecule has 0 atom stereocenters. The molecule has 0 nitrogen and oxygen atoms in total. The third-order valence-corrected chi connectivity index (χ3v) is 9.18. The van der Waals surface area contributed by atoms with E-state index in [0.29, 0.717) is 0 Å². The maximum absolute atomic E-state index is 5.88. The highest BCUT2D eigenvalue weighted by Gasteiger charge is 2.24. The fraction of sp³-hybridized carbons (Fsp3) is 1.00. The van der Waals surface area contributed by atoms with Gasteiger partial charge >= 0.3 is 0 Å². The Morgan fingerprint density at radius 3 is 2.12 bits per heavy atom. The summed E-state index contributed by atoms with van der Waals surface area (Å²) in [6.45, 7) is 0.276. The second-order valence-corrected chi connectivity index (χ2v) is 10.8. The van der Waals surface area contributed by atoms with E-state index in [1.165, 1.54) is 0 Å². The Labute approximate surface area is 69.1 Å². The lowest BCUT2D eigenvalue weighted by Crippen LogP contribution is -2.20. The van der Waals surface area contributed by atoms with E-state index in [1.54, 1.807) is 0 Å². The molecule has 0 spiro atoms. The van der Waals surface area contributed by atoms with Gasteiger partial charge in [0.15, 0.2) is 0 Å². The van der Waals surface area contributed by atoms with Gasteiger partial charge in [0.05, 0.1) is 0 Å². The highest BCUT2D eigenvalue weighted by molar-refractivity contribution is 9.10. The Morgan fingerprint density at radius 1 is 1.50 bits per heavy atom. The standard InChI is InChI=1S/C4H9BrCl2Si/c1-2-3-8(6,7)4-5/h2-4H2,1H3. The Morgan fingerprint density at radius 2 is 2.00 bits per heavy atom. The quantitative estimate of drug-likeness (QED) is 0.400. The predicted octanol–water partition coefficient (Wildman–Crippen LogP) is 3.25. The zero-order chi connectivity index (χ0) is 6.62. The van der Waals surface area contributed by atoms with Gasteiger partial charge in [0, 0.05) is 4.95 Å². The van der Waals surface area contributed by atoms with Crippen molar-refractivity contribution in [3.63, 3.8) is 0 Å². The molecule has 0 saturated heterocycles. The van der Waals surface area contributed by atoms with E-state index in [0.717, 1.165) is 17.4 Å². The van der Waals surface area contributed by atoms with Crippen molar-refractivity contribution >= 4 is 44.8 Å². The molecular formula is C4H9BrCl2Si. The zero-order valence-corrected chi connectivity index (χ0v) is 8.85. The second-order valence-electron chi connectivity index (χ2n) is 1.74. The van der Waals surface area contributed by atoms with Crippen molar-refractivity contribution < 1.29 is 0 Å². The third kappa shape index (κ3) is 4.19. The van der Waals surface area contributed by atoms with E-state index >= 15 is 0 Å². The minimum atomic E-state index is -1.82. The summed E-state index contributed by atoms with van der Waals surface area (Å²) in [5.41, 5.74) is 0. The molecule has 0 amide bonds. The molecule has 0 heterocycles. The Bertz CT molecular complexity index is 67.1. The SMILES string of the molecule is CCC[Si](Cl)(Cl)CBr. The van der Waals surface area contributed by atoms with Gasteiger partial charge in [-0.1, -0.05) is 29.3 Å². The summed E-state index contributed by atoms with van der Waals surface area (Å²) in [6.07, 6.45) is 1.09. The normalized spacial score (nSPS) is 12.0. The molecule has 0 bridgehead atoms. The predicted molar refractivity (Wildman–Crippen MR) is 46.4 cm³/mol. The lowest BCUT2D eigenvalue weighted by molar-refractivity contribution is 1.07. The fourth-order valence-corrected chi connectivity index (χ4v) is 3.27. The van der Waals surface area contributed by atoms with Gasteiger partial charge in [-0.15, -0.1) is 22.2 Å². The summed E-state index contributed by atoms with van der Waals surface area (Å²) in [6, 6.07) is 0.987.